The van der Waals surface area contributed by atoms with E-state index < -0.39 is 13.8 Å². The number of hydrogen-bond acceptors (Lipinski definition) is 5. The van der Waals surface area contributed by atoms with Crippen LogP contribution in [0.2, 0.25) is 0 Å². The van der Waals surface area contributed by atoms with Gasteiger partial charge < -0.3 is 10.1 Å². The summed E-state index contributed by atoms with van der Waals surface area (Å²) in [7, 11) is -3.86. The maximum Gasteiger partial charge on any atom is 0.532 e. The van der Waals surface area contributed by atoms with E-state index in [4.69, 9.17) is 5.53 Å². The predicted octanol–water partition coefficient (Wildman–Crippen LogP) is 1.01. The van der Waals surface area contributed by atoms with Crippen LogP contribution in [0.3, 0.4) is 0 Å². The van der Waals surface area contributed by atoms with Gasteiger partial charge in [0.1, 0.15) is 0 Å². The zero-order valence-corrected chi connectivity index (χ0v) is 8.77. The normalized spacial score (nSPS) is 10.4. The van der Waals surface area contributed by atoms with Crippen LogP contribution < -0.4 is 0 Å². The summed E-state index contributed by atoms with van der Waals surface area (Å²) in [5.74, 6) is -1.10. The summed E-state index contributed by atoms with van der Waals surface area (Å²) in [5, 5.41) is 0. The Labute approximate surface area is 81.2 Å². The first-order valence-corrected chi connectivity index (χ1v) is 5.34. The largest absolute Gasteiger partial charge is 0.532 e. The van der Waals surface area contributed by atoms with Crippen LogP contribution in [0.1, 0.15) is 13.8 Å². The number of phosphoric ester groups is 1. The number of rotatable bonds is 6. The van der Waals surface area contributed by atoms with Crippen LogP contribution in [0.25, 0.3) is 5.53 Å². The van der Waals surface area contributed by atoms with E-state index in [9.17, 15) is 9.36 Å². The van der Waals surface area contributed by atoms with Crippen molar-refractivity contribution >= 4 is 20.0 Å². The van der Waals surface area contributed by atoms with Gasteiger partial charge >= 0.3 is 20.0 Å². The second-order valence-electron chi connectivity index (χ2n) is 1.94. The van der Waals surface area contributed by atoms with E-state index in [0.717, 1.165) is 0 Å². The lowest BCUT2D eigenvalue weighted by molar-refractivity contribution is -0.132. The molecule has 0 aliphatic heterocycles. The Balaban J connectivity index is 4.43. The second kappa shape index (κ2) is 6.45. The van der Waals surface area contributed by atoms with Crippen LogP contribution in [-0.4, -0.2) is 30.2 Å². The van der Waals surface area contributed by atoms with E-state index in [0.29, 0.717) is 6.21 Å². The van der Waals surface area contributed by atoms with Crippen molar-refractivity contribution in [2.75, 3.05) is 13.2 Å². The average molecular weight is 222 g/mol. The molecule has 80 valence electrons. The Hall–Kier alpha value is -1.00. The zero-order chi connectivity index (χ0) is 11.0. The maximum absolute atomic E-state index is 11.5. The summed E-state index contributed by atoms with van der Waals surface area (Å²) in [5.41, 5.74) is 7.99. The number of carbonyl (C=O) groups is 1. The van der Waals surface area contributed by atoms with Gasteiger partial charge in [0.2, 0.25) is 0 Å². The topological polar surface area (TPSA) is 98.2 Å². The minimum Gasteiger partial charge on any atom is -0.362 e. The first kappa shape index (κ1) is 13.0. The molecule has 0 atom stereocenters. The molecule has 14 heavy (non-hydrogen) atoms. The number of carbonyl (C=O) groups excluding carboxylic acids is 1. The van der Waals surface area contributed by atoms with Crippen LogP contribution in [0.5, 0.6) is 0 Å². The molecule has 0 aliphatic rings. The van der Waals surface area contributed by atoms with Crippen LogP contribution >= 0.6 is 7.82 Å². The summed E-state index contributed by atoms with van der Waals surface area (Å²) in [4.78, 5) is 13.2. The molecule has 0 bridgehead atoms. The number of hydrogen-bond donors (Lipinski definition) is 0. The summed E-state index contributed by atoms with van der Waals surface area (Å²) in [6, 6.07) is 0. The van der Waals surface area contributed by atoms with Gasteiger partial charge in [-0.25, -0.2) is 9.36 Å². The predicted molar refractivity (Wildman–Crippen MR) is 46.6 cm³/mol. The molecule has 7 nitrogen and oxygen atoms in total. The van der Waals surface area contributed by atoms with Crippen molar-refractivity contribution in [3.05, 3.63) is 5.53 Å². The van der Waals surface area contributed by atoms with Gasteiger partial charge in [0.05, 0.1) is 13.2 Å². The van der Waals surface area contributed by atoms with Crippen molar-refractivity contribution in [3.8, 4) is 0 Å². The Morgan fingerprint density at radius 3 is 2.29 bits per heavy atom. The van der Waals surface area contributed by atoms with Crippen molar-refractivity contribution in [2.45, 2.75) is 13.8 Å². The second-order valence-corrected chi connectivity index (χ2v) is 3.53. The summed E-state index contributed by atoms with van der Waals surface area (Å²) < 4.78 is 25.1. The third kappa shape index (κ3) is 4.89. The van der Waals surface area contributed by atoms with E-state index >= 15 is 0 Å². The van der Waals surface area contributed by atoms with Gasteiger partial charge in [-0.3, -0.25) is 9.05 Å². The van der Waals surface area contributed by atoms with Crippen molar-refractivity contribution in [1.29, 1.82) is 0 Å². The molecule has 8 heteroatoms. The fourth-order valence-corrected chi connectivity index (χ4v) is 1.67. The molecule has 0 aromatic carbocycles. The van der Waals surface area contributed by atoms with E-state index in [-0.39, 0.29) is 13.2 Å². The van der Waals surface area contributed by atoms with Crippen LogP contribution in [-0.2, 0) is 22.9 Å². The Bertz CT molecular complexity index is 276. The van der Waals surface area contributed by atoms with Crippen LogP contribution in [0, 0.1) is 0 Å². The third-order valence-corrected chi connectivity index (χ3v) is 2.49. The molecule has 0 aromatic rings. The minimum atomic E-state index is -3.86. The van der Waals surface area contributed by atoms with Crippen molar-refractivity contribution < 1.29 is 27.7 Å². The maximum atomic E-state index is 11.5. The highest BCUT2D eigenvalue weighted by atomic mass is 31.2. The van der Waals surface area contributed by atoms with E-state index in [1.807, 2.05) is 0 Å². The molecule has 0 heterocycles. The van der Waals surface area contributed by atoms with E-state index in [1.54, 1.807) is 13.8 Å². The van der Waals surface area contributed by atoms with Gasteiger partial charge in [-0.15, -0.1) is 0 Å². The third-order valence-electron chi connectivity index (χ3n) is 0.939. The van der Waals surface area contributed by atoms with Crippen molar-refractivity contribution in [2.24, 2.45) is 0 Å². The molecule has 0 saturated heterocycles. The SMILES string of the molecule is CCOP(=O)(OCC)OC(=O)C=[N+]=[N-]. The smallest absolute Gasteiger partial charge is 0.362 e. The average Bonchev–Trinajstić information content (AvgIpc) is 2.04. The number of phosphoric acid groups is 1. The van der Waals surface area contributed by atoms with Crippen molar-refractivity contribution in [1.82, 2.24) is 0 Å². The molecule has 0 rings (SSSR count). The monoisotopic (exact) mass is 222 g/mol. The molecule has 0 amide bonds. The first-order chi connectivity index (χ1) is 6.58. The Kier molecular flexibility index (Phi) is 5.99. The summed E-state index contributed by atoms with van der Waals surface area (Å²) in [6.07, 6.45) is 0.449. The van der Waals surface area contributed by atoms with Crippen molar-refractivity contribution in [3.63, 3.8) is 0 Å². The fraction of sp³-hybridized carbons (Fsp3) is 0.667. The van der Waals surface area contributed by atoms with Gasteiger partial charge in [-0.1, -0.05) is 0 Å². The molecule has 0 unspecified atom stereocenters. The quantitative estimate of drug-likeness (QED) is 0.289. The van der Waals surface area contributed by atoms with Gasteiger partial charge in [0, 0.05) is 0 Å². The molecule has 0 radical (unpaired) electrons. The van der Waals surface area contributed by atoms with E-state index in [1.165, 1.54) is 0 Å². The highest BCUT2D eigenvalue weighted by molar-refractivity contribution is 7.49. The zero-order valence-electron chi connectivity index (χ0n) is 7.87. The minimum absolute atomic E-state index is 0.0703. The molecule has 0 saturated carbocycles. The molecular formula is C6H11N2O5P. The van der Waals surface area contributed by atoms with E-state index in [2.05, 4.69) is 18.4 Å². The van der Waals surface area contributed by atoms with Gasteiger partial charge in [-0.05, 0) is 13.8 Å². The number of nitrogens with zero attached hydrogens (tertiary/aromatic N) is 2. The van der Waals surface area contributed by atoms with Gasteiger partial charge in [-0.2, -0.15) is 4.79 Å². The highest BCUT2D eigenvalue weighted by Gasteiger charge is 2.30. The molecule has 0 aromatic heterocycles. The lowest BCUT2D eigenvalue weighted by Gasteiger charge is -2.13. The van der Waals surface area contributed by atoms with Gasteiger partial charge in [0.15, 0.2) is 0 Å². The molecule has 0 N–H and O–H groups in total. The van der Waals surface area contributed by atoms with Crippen LogP contribution in [0.15, 0.2) is 0 Å². The Morgan fingerprint density at radius 1 is 1.43 bits per heavy atom. The molecule has 0 spiro atoms. The lowest BCUT2D eigenvalue weighted by atomic mass is 10.8. The van der Waals surface area contributed by atoms with Gasteiger partial charge in [0.25, 0.3) is 0 Å². The highest BCUT2D eigenvalue weighted by Crippen LogP contribution is 2.49. The first-order valence-electron chi connectivity index (χ1n) is 3.88. The standard InChI is InChI=1S/C6H11N2O5P/c1-3-11-14(10,12-4-2)13-6(9)5-8-7/h5H,3-4H2,1-2H3. The Morgan fingerprint density at radius 2 is 1.93 bits per heavy atom. The molecule has 0 aliphatic carbocycles. The molecular weight excluding hydrogens is 211 g/mol. The molecule has 0 fully saturated rings. The summed E-state index contributed by atoms with van der Waals surface area (Å²) >= 11 is 0. The fourth-order valence-electron chi connectivity index (χ4n) is 0.587. The van der Waals surface area contributed by atoms with Crippen LogP contribution in [0.4, 0.5) is 0 Å². The summed E-state index contributed by atoms with van der Waals surface area (Å²) in [6.45, 7) is 3.28. The lowest BCUT2D eigenvalue weighted by Crippen LogP contribution is -2.08.